The lowest BCUT2D eigenvalue weighted by atomic mass is 10.1. The zero-order valence-electron chi connectivity index (χ0n) is 9.51. The second-order valence-corrected chi connectivity index (χ2v) is 4.18. The summed E-state index contributed by atoms with van der Waals surface area (Å²) < 4.78 is 14.6. The summed E-state index contributed by atoms with van der Waals surface area (Å²) in [6.45, 7) is -0.640. The van der Waals surface area contributed by atoms with Crippen molar-refractivity contribution in [3.8, 4) is 11.3 Å². The largest absolute Gasteiger partial charge is 0.480 e. The van der Waals surface area contributed by atoms with Crippen LogP contribution in [0.25, 0.3) is 11.3 Å². The lowest BCUT2D eigenvalue weighted by Crippen LogP contribution is -2.27. The molecule has 2 aromatic rings. The molecule has 0 atom stereocenters. The van der Waals surface area contributed by atoms with Crippen LogP contribution >= 0.6 is 11.6 Å². The van der Waals surface area contributed by atoms with Gasteiger partial charge >= 0.3 is 5.97 Å². The zero-order valence-corrected chi connectivity index (χ0v) is 10.3. The Balaban J connectivity index is 2.53. The van der Waals surface area contributed by atoms with Crippen LogP contribution in [0.4, 0.5) is 4.39 Å². The van der Waals surface area contributed by atoms with Gasteiger partial charge in [-0.25, -0.2) is 4.98 Å². The van der Waals surface area contributed by atoms with Crippen LogP contribution in [0.1, 0.15) is 0 Å². The summed E-state index contributed by atoms with van der Waals surface area (Å²) in [7, 11) is 0. The van der Waals surface area contributed by atoms with E-state index in [2.05, 4.69) is 4.98 Å². The van der Waals surface area contributed by atoms with Crippen molar-refractivity contribution < 1.29 is 14.3 Å². The molecule has 0 bridgehead atoms. The number of nitrogens with zero attached hydrogens (tertiary/aromatic N) is 2. The smallest absolute Gasteiger partial charge is 0.323 e. The first-order valence-electron chi connectivity index (χ1n) is 5.21. The fourth-order valence-electron chi connectivity index (χ4n) is 1.56. The average molecular weight is 283 g/mol. The first kappa shape index (κ1) is 13.2. The topological polar surface area (TPSA) is 72.2 Å². The fourth-order valence-corrected chi connectivity index (χ4v) is 1.75. The molecule has 1 heterocycles. The summed E-state index contributed by atoms with van der Waals surface area (Å²) in [5.74, 6) is -2.36. The van der Waals surface area contributed by atoms with Crippen molar-refractivity contribution in [3.05, 3.63) is 51.8 Å². The average Bonchev–Trinajstić information content (AvgIpc) is 2.35. The molecular weight excluding hydrogens is 275 g/mol. The Morgan fingerprint density at radius 1 is 1.47 bits per heavy atom. The number of hydrogen-bond donors (Lipinski definition) is 1. The first-order chi connectivity index (χ1) is 8.99. The molecule has 2 rings (SSSR count). The van der Waals surface area contributed by atoms with Crippen LogP contribution in [0.3, 0.4) is 0 Å². The Hall–Kier alpha value is -2.21. The number of carbonyl (C=O) groups is 1. The molecule has 0 aliphatic rings. The maximum Gasteiger partial charge on any atom is 0.323 e. The van der Waals surface area contributed by atoms with Gasteiger partial charge in [-0.15, -0.1) is 0 Å². The molecular formula is C12H8ClFN2O3. The Kier molecular flexibility index (Phi) is 3.62. The molecule has 98 valence electrons. The molecule has 0 saturated heterocycles. The third-order valence-corrected chi connectivity index (χ3v) is 2.62. The fraction of sp³-hybridized carbons (Fsp3) is 0.0833. The maximum absolute atomic E-state index is 13.9. The highest BCUT2D eigenvalue weighted by molar-refractivity contribution is 6.30. The standard InChI is InChI=1S/C12H8ClFN2O3/c13-8-3-1-2-7(4-8)11-10(14)12(19)16(6-15-11)5-9(17)18/h1-4,6H,5H2,(H,17,18). The zero-order chi connectivity index (χ0) is 14.0. The van der Waals surface area contributed by atoms with Crippen molar-refractivity contribution in [3.63, 3.8) is 0 Å². The van der Waals surface area contributed by atoms with Crippen LogP contribution in [0.15, 0.2) is 35.4 Å². The number of halogens is 2. The number of benzene rings is 1. The molecule has 0 unspecified atom stereocenters. The Bertz CT molecular complexity index is 700. The van der Waals surface area contributed by atoms with E-state index >= 15 is 0 Å². The lowest BCUT2D eigenvalue weighted by Gasteiger charge is -2.06. The molecule has 0 amide bonds. The van der Waals surface area contributed by atoms with Gasteiger partial charge in [0.15, 0.2) is 0 Å². The monoisotopic (exact) mass is 282 g/mol. The maximum atomic E-state index is 13.9. The summed E-state index contributed by atoms with van der Waals surface area (Å²) >= 11 is 5.78. The van der Waals surface area contributed by atoms with Crippen molar-refractivity contribution in [1.82, 2.24) is 9.55 Å². The summed E-state index contributed by atoms with van der Waals surface area (Å²) in [6, 6.07) is 6.22. The molecule has 5 nitrogen and oxygen atoms in total. The van der Waals surface area contributed by atoms with Gasteiger partial charge in [0, 0.05) is 10.6 Å². The molecule has 0 saturated carbocycles. The van der Waals surface area contributed by atoms with Gasteiger partial charge in [0.05, 0.1) is 6.33 Å². The third kappa shape index (κ3) is 2.79. The van der Waals surface area contributed by atoms with Crippen LogP contribution in [0.2, 0.25) is 5.02 Å². The second-order valence-electron chi connectivity index (χ2n) is 3.74. The highest BCUT2D eigenvalue weighted by Gasteiger charge is 2.14. The van der Waals surface area contributed by atoms with Gasteiger partial charge in [-0.3, -0.25) is 14.2 Å². The molecule has 0 fully saturated rings. The number of aromatic nitrogens is 2. The van der Waals surface area contributed by atoms with Gasteiger partial charge in [0.1, 0.15) is 12.2 Å². The van der Waals surface area contributed by atoms with Crippen molar-refractivity contribution in [1.29, 1.82) is 0 Å². The van der Waals surface area contributed by atoms with E-state index in [9.17, 15) is 14.0 Å². The van der Waals surface area contributed by atoms with Crippen LogP contribution < -0.4 is 5.56 Å². The van der Waals surface area contributed by atoms with E-state index in [-0.39, 0.29) is 5.69 Å². The Labute approximate surface area is 111 Å². The number of aliphatic carboxylic acids is 1. The minimum Gasteiger partial charge on any atom is -0.480 e. The first-order valence-corrected chi connectivity index (χ1v) is 5.59. The van der Waals surface area contributed by atoms with Crippen molar-refractivity contribution in [2.45, 2.75) is 6.54 Å². The van der Waals surface area contributed by atoms with E-state index in [1.165, 1.54) is 6.07 Å². The molecule has 0 aliphatic carbocycles. The summed E-state index contributed by atoms with van der Waals surface area (Å²) in [5, 5.41) is 8.96. The molecule has 1 aromatic heterocycles. The predicted molar refractivity (Wildman–Crippen MR) is 66.5 cm³/mol. The van der Waals surface area contributed by atoms with E-state index in [0.29, 0.717) is 15.2 Å². The number of carboxylic acids is 1. The minimum absolute atomic E-state index is 0.158. The summed E-state index contributed by atoms with van der Waals surface area (Å²) in [5.41, 5.74) is -0.842. The Morgan fingerprint density at radius 3 is 2.84 bits per heavy atom. The van der Waals surface area contributed by atoms with Gasteiger partial charge in [0.25, 0.3) is 5.56 Å². The molecule has 1 aromatic carbocycles. The third-order valence-electron chi connectivity index (χ3n) is 2.39. The van der Waals surface area contributed by atoms with Crippen molar-refractivity contribution in [2.75, 3.05) is 0 Å². The van der Waals surface area contributed by atoms with Gasteiger partial charge < -0.3 is 5.11 Å². The molecule has 7 heteroatoms. The molecule has 19 heavy (non-hydrogen) atoms. The van der Waals surface area contributed by atoms with E-state index in [1.54, 1.807) is 18.2 Å². The number of hydrogen-bond acceptors (Lipinski definition) is 3. The van der Waals surface area contributed by atoms with Crippen LogP contribution in [0, 0.1) is 5.82 Å². The SMILES string of the molecule is O=C(O)Cn1cnc(-c2cccc(Cl)c2)c(F)c1=O. The molecule has 0 radical (unpaired) electrons. The normalized spacial score (nSPS) is 10.4. The Morgan fingerprint density at radius 2 is 2.21 bits per heavy atom. The van der Waals surface area contributed by atoms with E-state index in [4.69, 9.17) is 16.7 Å². The highest BCUT2D eigenvalue weighted by atomic mass is 35.5. The molecule has 1 N–H and O–H groups in total. The molecule has 0 spiro atoms. The van der Waals surface area contributed by atoms with Gasteiger partial charge in [-0.1, -0.05) is 23.7 Å². The predicted octanol–water partition coefficient (Wildman–Crippen LogP) is 1.79. The summed E-state index contributed by atoms with van der Waals surface area (Å²) in [4.78, 5) is 25.9. The van der Waals surface area contributed by atoms with Crippen LogP contribution in [0.5, 0.6) is 0 Å². The lowest BCUT2D eigenvalue weighted by molar-refractivity contribution is -0.137. The van der Waals surface area contributed by atoms with Gasteiger partial charge in [-0.2, -0.15) is 4.39 Å². The number of carboxylic acid groups (broad SMARTS) is 1. The van der Waals surface area contributed by atoms with Crippen molar-refractivity contribution >= 4 is 17.6 Å². The second kappa shape index (κ2) is 5.19. The highest BCUT2D eigenvalue weighted by Crippen LogP contribution is 2.21. The van der Waals surface area contributed by atoms with E-state index < -0.39 is 23.9 Å². The van der Waals surface area contributed by atoms with Crippen LogP contribution in [-0.2, 0) is 11.3 Å². The van der Waals surface area contributed by atoms with Crippen LogP contribution in [-0.4, -0.2) is 20.6 Å². The van der Waals surface area contributed by atoms with Gasteiger partial charge in [0.2, 0.25) is 5.82 Å². The van der Waals surface area contributed by atoms with E-state index in [0.717, 1.165) is 6.33 Å². The van der Waals surface area contributed by atoms with E-state index in [1.807, 2.05) is 0 Å². The van der Waals surface area contributed by atoms with Gasteiger partial charge in [-0.05, 0) is 12.1 Å². The molecule has 0 aliphatic heterocycles. The summed E-state index contributed by atoms with van der Waals surface area (Å²) in [6.07, 6.45) is 0.996. The van der Waals surface area contributed by atoms with Crippen molar-refractivity contribution in [2.24, 2.45) is 0 Å². The number of rotatable bonds is 3. The quantitative estimate of drug-likeness (QED) is 0.931. The minimum atomic E-state index is -1.25.